The molecule has 0 saturated carbocycles. The van der Waals surface area contributed by atoms with E-state index in [1.807, 2.05) is 18.4 Å². The number of thiol groups is 2. The molecular weight excluding hydrogens is 232 g/mol. The molecule has 0 bridgehead atoms. The van der Waals surface area contributed by atoms with Gasteiger partial charge in [-0.1, -0.05) is 12.8 Å². The van der Waals surface area contributed by atoms with Crippen molar-refractivity contribution in [1.82, 2.24) is 14.9 Å². The van der Waals surface area contributed by atoms with Crippen molar-refractivity contribution in [3.05, 3.63) is 24.6 Å². The van der Waals surface area contributed by atoms with Crippen LogP contribution in [-0.4, -0.2) is 28.6 Å². The lowest BCUT2D eigenvalue weighted by atomic mass is 10.5. The van der Waals surface area contributed by atoms with Crippen LogP contribution in [0.4, 0.5) is 4.79 Å². The second-order valence-corrected chi connectivity index (χ2v) is 3.53. The summed E-state index contributed by atoms with van der Waals surface area (Å²) in [6.45, 7) is 0.607. The van der Waals surface area contributed by atoms with Crippen LogP contribution in [-0.2, 0) is 0 Å². The summed E-state index contributed by atoms with van der Waals surface area (Å²) in [4.78, 5) is 14.4. The summed E-state index contributed by atoms with van der Waals surface area (Å²) in [7, 11) is 0. The number of nitrogens with zero attached hydrogens (tertiary/aromatic N) is 2. The van der Waals surface area contributed by atoms with Gasteiger partial charge in [0.1, 0.15) is 0 Å². The van der Waals surface area contributed by atoms with Crippen LogP contribution in [0.2, 0.25) is 0 Å². The third kappa shape index (κ3) is 4.80. The molecule has 0 aliphatic carbocycles. The quantitative estimate of drug-likeness (QED) is 0.476. The first kappa shape index (κ1) is 12.0. The van der Waals surface area contributed by atoms with E-state index in [0.717, 1.165) is 0 Å². The monoisotopic (exact) mass is 244 g/mol. The molecule has 7 heteroatoms. The van der Waals surface area contributed by atoms with Gasteiger partial charge >= 0.3 is 6.03 Å². The lowest BCUT2D eigenvalue weighted by molar-refractivity contribution is 0.233. The number of amides is 2. The van der Waals surface area contributed by atoms with E-state index in [1.165, 1.54) is 4.31 Å². The van der Waals surface area contributed by atoms with E-state index in [4.69, 9.17) is 0 Å². The van der Waals surface area contributed by atoms with E-state index in [0.29, 0.717) is 6.54 Å². The van der Waals surface area contributed by atoms with Crippen molar-refractivity contribution in [1.29, 1.82) is 0 Å². The fourth-order valence-electron chi connectivity index (χ4n) is 0.806. The maximum atomic E-state index is 10.5. The number of carbonyl (C=O) groups excluding carboxylic acids is 1. The van der Waals surface area contributed by atoms with Gasteiger partial charge in [-0.3, -0.25) is 4.99 Å². The largest absolute Gasteiger partial charge is 0.362 e. The standard InChI is InChI=1S/C4H6N2OS.C4H6N2S/c7-4-5-2-1-3-6(4)8;7-4-5-2-1-3-6-4/h1,3,8H,2H2,(H,5,7);1-5,7H. The zero-order valence-corrected chi connectivity index (χ0v) is 9.66. The molecule has 82 valence electrons. The Bertz CT molecular complexity index is 303. The maximum absolute atomic E-state index is 10.5. The average Bonchev–Trinajstić information content (AvgIpc) is 2.25. The molecule has 1 atom stereocenters. The van der Waals surface area contributed by atoms with Crippen LogP contribution in [0.25, 0.3) is 0 Å². The highest BCUT2D eigenvalue weighted by Crippen LogP contribution is 1.97. The second-order valence-electron chi connectivity index (χ2n) is 2.61. The van der Waals surface area contributed by atoms with E-state index in [9.17, 15) is 4.79 Å². The minimum Gasteiger partial charge on any atom is -0.362 e. The van der Waals surface area contributed by atoms with Crippen LogP contribution in [0.1, 0.15) is 0 Å². The van der Waals surface area contributed by atoms with Gasteiger partial charge in [0.2, 0.25) is 0 Å². The van der Waals surface area contributed by atoms with Gasteiger partial charge in [0.15, 0.2) is 5.50 Å². The highest BCUT2D eigenvalue weighted by atomic mass is 32.1. The van der Waals surface area contributed by atoms with Crippen molar-refractivity contribution in [2.45, 2.75) is 5.50 Å². The molecule has 2 heterocycles. The minimum absolute atomic E-state index is 0.0370. The highest BCUT2D eigenvalue weighted by molar-refractivity contribution is 7.80. The summed E-state index contributed by atoms with van der Waals surface area (Å²) in [5, 5.41) is 5.42. The smallest absolute Gasteiger partial charge is 0.331 e. The predicted molar refractivity (Wildman–Crippen MR) is 66.9 cm³/mol. The van der Waals surface area contributed by atoms with Crippen molar-refractivity contribution >= 4 is 37.7 Å². The number of allylic oxidation sites excluding steroid dienone is 1. The van der Waals surface area contributed by atoms with Gasteiger partial charge in [-0.2, -0.15) is 0 Å². The van der Waals surface area contributed by atoms with Crippen LogP contribution in [0.15, 0.2) is 29.5 Å². The second kappa shape index (κ2) is 6.41. The van der Waals surface area contributed by atoms with Gasteiger partial charge in [-0.25, -0.2) is 9.10 Å². The zero-order chi connectivity index (χ0) is 11.1. The van der Waals surface area contributed by atoms with E-state index in [-0.39, 0.29) is 11.5 Å². The molecule has 2 N–H and O–H groups in total. The fraction of sp³-hybridized carbons (Fsp3) is 0.250. The Hall–Kier alpha value is -1.08. The summed E-state index contributed by atoms with van der Waals surface area (Å²) in [5.74, 6) is 0. The SMILES string of the molecule is O=C1NCC=CN1S.SC1N=CC=CN1. The Labute approximate surface area is 99.3 Å². The van der Waals surface area contributed by atoms with Gasteiger partial charge in [0.25, 0.3) is 0 Å². The zero-order valence-electron chi connectivity index (χ0n) is 7.87. The van der Waals surface area contributed by atoms with Crippen LogP contribution in [0.3, 0.4) is 0 Å². The summed E-state index contributed by atoms with van der Waals surface area (Å²) >= 11 is 7.79. The Morgan fingerprint density at radius 2 is 2.40 bits per heavy atom. The Balaban J connectivity index is 0.000000151. The van der Waals surface area contributed by atoms with E-state index < -0.39 is 0 Å². The third-order valence-electron chi connectivity index (χ3n) is 1.48. The van der Waals surface area contributed by atoms with Crippen LogP contribution in [0.5, 0.6) is 0 Å². The topological polar surface area (TPSA) is 56.7 Å². The molecule has 2 amide bonds. The molecule has 0 aromatic carbocycles. The molecular formula is C8H12N4OS2. The molecule has 0 fully saturated rings. The lowest BCUT2D eigenvalue weighted by Crippen LogP contribution is -2.34. The average molecular weight is 244 g/mol. The summed E-state index contributed by atoms with van der Waals surface area (Å²) in [5.41, 5.74) is -0.0370. The maximum Gasteiger partial charge on any atom is 0.331 e. The summed E-state index contributed by atoms with van der Waals surface area (Å²) in [6, 6.07) is -0.171. The molecule has 2 rings (SSSR count). The first-order valence-electron chi connectivity index (χ1n) is 4.25. The molecule has 2 aliphatic rings. The van der Waals surface area contributed by atoms with Crippen molar-refractivity contribution in [3.63, 3.8) is 0 Å². The highest BCUT2D eigenvalue weighted by Gasteiger charge is 2.06. The molecule has 0 aromatic heterocycles. The van der Waals surface area contributed by atoms with Crippen molar-refractivity contribution in [3.8, 4) is 0 Å². The number of aliphatic imine (C=N–C) groups is 1. The number of nitrogens with one attached hydrogen (secondary N) is 2. The third-order valence-corrected chi connectivity index (χ3v) is 2.08. The van der Waals surface area contributed by atoms with Crippen molar-refractivity contribution in [2.24, 2.45) is 4.99 Å². The lowest BCUT2D eigenvalue weighted by Gasteiger charge is -2.14. The number of urea groups is 1. The summed E-state index contributed by atoms with van der Waals surface area (Å²) in [6.07, 6.45) is 8.78. The Morgan fingerprint density at radius 3 is 2.73 bits per heavy atom. The van der Waals surface area contributed by atoms with Crippen molar-refractivity contribution < 1.29 is 4.79 Å². The number of hydrogen-bond acceptors (Lipinski definition) is 5. The molecule has 0 saturated heterocycles. The molecule has 2 aliphatic heterocycles. The molecule has 1 unspecified atom stereocenters. The molecule has 0 aromatic rings. The van der Waals surface area contributed by atoms with E-state index >= 15 is 0 Å². The Morgan fingerprint density at radius 1 is 1.60 bits per heavy atom. The first-order valence-corrected chi connectivity index (χ1v) is 5.17. The minimum atomic E-state index is -0.171. The number of hydrogen-bond donors (Lipinski definition) is 4. The predicted octanol–water partition coefficient (Wildman–Crippen LogP) is 0.758. The van der Waals surface area contributed by atoms with Gasteiger partial charge in [-0.15, -0.1) is 12.6 Å². The van der Waals surface area contributed by atoms with Crippen molar-refractivity contribution in [2.75, 3.05) is 6.54 Å². The number of rotatable bonds is 0. The number of carbonyl (C=O) groups is 1. The molecule has 5 nitrogen and oxygen atoms in total. The van der Waals surface area contributed by atoms with E-state index in [1.54, 1.807) is 12.4 Å². The van der Waals surface area contributed by atoms with Gasteiger partial charge in [0.05, 0.1) is 0 Å². The first-order chi connectivity index (χ1) is 7.20. The van der Waals surface area contributed by atoms with Gasteiger partial charge in [0, 0.05) is 25.2 Å². The molecule has 0 radical (unpaired) electrons. The fourth-order valence-corrected chi connectivity index (χ4v) is 1.13. The van der Waals surface area contributed by atoms with Gasteiger partial charge < -0.3 is 10.6 Å². The van der Waals surface area contributed by atoms with Gasteiger partial charge in [-0.05, 0) is 12.2 Å². The Kier molecular flexibility index (Phi) is 5.13. The van der Waals surface area contributed by atoms with Crippen LogP contribution >= 0.6 is 25.4 Å². The van der Waals surface area contributed by atoms with E-state index in [2.05, 4.69) is 41.1 Å². The van der Waals surface area contributed by atoms with Crippen LogP contribution < -0.4 is 10.6 Å². The normalized spacial score (nSPS) is 22.7. The molecule has 15 heavy (non-hydrogen) atoms. The molecule has 0 spiro atoms. The summed E-state index contributed by atoms with van der Waals surface area (Å²) < 4.78 is 1.20. The van der Waals surface area contributed by atoms with Crippen LogP contribution in [0, 0.1) is 0 Å².